The predicted octanol–water partition coefficient (Wildman–Crippen LogP) is 7.43. The molecule has 0 fully saturated rings. The zero-order valence-electron chi connectivity index (χ0n) is 23.3. The summed E-state index contributed by atoms with van der Waals surface area (Å²) in [7, 11) is 0. The van der Waals surface area contributed by atoms with Crippen LogP contribution in [0.4, 0.5) is 0 Å². The van der Waals surface area contributed by atoms with Crippen LogP contribution in [-0.4, -0.2) is 25.2 Å². The maximum absolute atomic E-state index is 12.7. The average molecular weight is 565 g/mol. The van der Waals surface area contributed by atoms with E-state index in [0.717, 1.165) is 47.6 Å². The van der Waals surface area contributed by atoms with Crippen molar-refractivity contribution in [2.75, 3.05) is 13.2 Å². The zero-order valence-corrected chi connectivity index (χ0v) is 23.3. The number of carbonyl (C=O) groups excluding carboxylic acids is 2. The molecule has 7 nitrogen and oxygen atoms in total. The van der Waals surface area contributed by atoms with Crippen LogP contribution in [0.25, 0.3) is 32.9 Å². The molecule has 1 aliphatic rings. The largest absolute Gasteiger partial charge is 0.498 e. The Hall–Kier alpha value is -4.91. The van der Waals surface area contributed by atoms with Crippen molar-refractivity contribution in [3.8, 4) is 16.9 Å². The van der Waals surface area contributed by atoms with Crippen LogP contribution in [-0.2, 0) is 19.1 Å². The average Bonchev–Trinajstić information content (AvgIpc) is 3.02. The van der Waals surface area contributed by atoms with E-state index in [4.69, 9.17) is 18.6 Å². The molecule has 4 aromatic rings. The first kappa shape index (κ1) is 28.6. The summed E-state index contributed by atoms with van der Waals surface area (Å²) in [6.45, 7) is 4.38. The summed E-state index contributed by atoms with van der Waals surface area (Å²) in [5.41, 5.74) is 1.81. The lowest BCUT2D eigenvalue weighted by Crippen LogP contribution is -2.13. The Kier molecular flexibility index (Phi) is 9.29. The Morgan fingerprint density at radius 1 is 0.857 bits per heavy atom. The van der Waals surface area contributed by atoms with E-state index in [1.165, 1.54) is 6.08 Å². The van der Waals surface area contributed by atoms with E-state index in [-0.39, 0.29) is 0 Å². The second-order valence-electron chi connectivity index (χ2n) is 10.0. The van der Waals surface area contributed by atoms with Gasteiger partial charge in [0, 0.05) is 23.5 Å². The molecule has 0 amide bonds. The summed E-state index contributed by atoms with van der Waals surface area (Å²) in [6, 6.07) is 20.4. The van der Waals surface area contributed by atoms with Gasteiger partial charge in [-0.3, -0.25) is 0 Å². The second kappa shape index (κ2) is 13.6. The third-order valence-corrected chi connectivity index (χ3v) is 7.13. The highest BCUT2D eigenvalue weighted by Crippen LogP contribution is 2.29. The van der Waals surface area contributed by atoms with Crippen LogP contribution >= 0.6 is 0 Å². The van der Waals surface area contributed by atoms with Crippen LogP contribution in [0, 0.1) is 0 Å². The molecule has 3 aromatic carbocycles. The standard InChI is InChI=1S/C35H32O7/c1-2-33(36)40-22-8-4-3-7-21-39-27-16-13-26(14-17-27)34(37)41-28-18-11-25(12-19-28)30-23-31-29-10-6-5-9-24(29)15-20-32(31)42-35(30)38/h2,5-6,9-13,15-16,18-20,23H,1,3-4,7-8,14,17,21-22H2. The maximum atomic E-state index is 12.7. The molecule has 0 saturated heterocycles. The lowest BCUT2D eigenvalue weighted by molar-refractivity contribution is -0.137. The van der Waals surface area contributed by atoms with Crippen molar-refractivity contribution in [3.05, 3.63) is 113 Å². The molecule has 1 aromatic heterocycles. The molecule has 0 aliphatic heterocycles. The number of hydrogen-bond donors (Lipinski definition) is 0. The molecule has 5 rings (SSSR count). The van der Waals surface area contributed by atoms with Gasteiger partial charge in [-0.1, -0.05) is 49.0 Å². The van der Waals surface area contributed by atoms with Gasteiger partial charge in [0.25, 0.3) is 0 Å². The first-order valence-corrected chi connectivity index (χ1v) is 14.1. The smallest absolute Gasteiger partial charge is 0.344 e. The molecular formula is C35H32O7. The molecule has 1 aliphatic carbocycles. The number of esters is 2. The van der Waals surface area contributed by atoms with Crippen molar-refractivity contribution in [2.45, 2.75) is 38.5 Å². The Morgan fingerprint density at radius 3 is 2.40 bits per heavy atom. The van der Waals surface area contributed by atoms with Gasteiger partial charge in [0.05, 0.1) is 24.5 Å². The number of ether oxygens (including phenoxy) is 3. The lowest BCUT2D eigenvalue weighted by atomic mass is 10.0. The third-order valence-electron chi connectivity index (χ3n) is 7.13. The first-order valence-electron chi connectivity index (χ1n) is 14.1. The van der Waals surface area contributed by atoms with Gasteiger partial charge in [-0.25, -0.2) is 14.4 Å². The maximum Gasteiger partial charge on any atom is 0.344 e. The number of unbranched alkanes of at least 4 members (excludes halogenated alkanes) is 3. The molecule has 0 saturated carbocycles. The highest BCUT2D eigenvalue weighted by Gasteiger charge is 2.17. The lowest BCUT2D eigenvalue weighted by Gasteiger charge is -2.15. The van der Waals surface area contributed by atoms with Crippen LogP contribution < -0.4 is 10.4 Å². The fourth-order valence-electron chi connectivity index (χ4n) is 4.85. The Labute approximate surface area is 243 Å². The number of fused-ring (bicyclic) bond motifs is 3. The molecule has 0 bridgehead atoms. The van der Waals surface area contributed by atoms with E-state index in [1.54, 1.807) is 30.3 Å². The fourth-order valence-corrected chi connectivity index (χ4v) is 4.85. The normalized spacial score (nSPS) is 12.9. The number of allylic oxidation sites excluding steroid dienone is 3. The van der Waals surface area contributed by atoms with Crippen LogP contribution in [0.2, 0.25) is 0 Å². The summed E-state index contributed by atoms with van der Waals surface area (Å²) in [5.74, 6) is 0.439. The van der Waals surface area contributed by atoms with Crippen LogP contribution in [0.15, 0.2) is 112 Å². The van der Waals surface area contributed by atoms with E-state index in [9.17, 15) is 14.4 Å². The molecule has 7 heteroatoms. The molecule has 214 valence electrons. The van der Waals surface area contributed by atoms with E-state index in [2.05, 4.69) is 6.58 Å². The van der Waals surface area contributed by atoms with Gasteiger partial charge in [0.15, 0.2) is 0 Å². The Morgan fingerprint density at radius 2 is 1.64 bits per heavy atom. The zero-order chi connectivity index (χ0) is 29.3. The number of carbonyl (C=O) groups is 2. The number of benzene rings is 3. The number of rotatable bonds is 12. The van der Waals surface area contributed by atoms with Gasteiger partial charge in [-0.05, 0) is 84.9 Å². The van der Waals surface area contributed by atoms with Gasteiger partial charge in [0.1, 0.15) is 11.3 Å². The summed E-state index contributed by atoms with van der Waals surface area (Å²) >= 11 is 0. The minimum atomic E-state index is -0.425. The van der Waals surface area contributed by atoms with Crippen LogP contribution in [0.5, 0.6) is 5.75 Å². The topological polar surface area (TPSA) is 92.0 Å². The highest BCUT2D eigenvalue weighted by molar-refractivity contribution is 6.06. The van der Waals surface area contributed by atoms with E-state index >= 15 is 0 Å². The van der Waals surface area contributed by atoms with Gasteiger partial charge in [0.2, 0.25) is 0 Å². The van der Waals surface area contributed by atoms with Crippen molar-refractivity contribution in [3.63, 3.8) is 0 Å². The molecule has 0 N–H and O–H groups in total. The molecular weight excluding hydrogens is 532 g/mol. The summed E-state index contributed by atoms with van der Waals surface area (Å²) in [4.78, 5) is 36.5. The summed E-state index contributed by atoms with van der Waals surface area (Å²) < 4.78 is 22.0. The van der Waals surface area contributed by atoms with Crippen LogP contribution in [0.3, 0.4) is 0 Å². The highest BCUT2D eigenvalue weighted by atomic mass is 16.5. The quantitative estimate of drug-likeness (QED) is 0.0441. The van der Waals surface area contributed by atoms with Crippen LogP contribution in [0.1, 0.15) is 38.5 Å². The van der Waals surface area contributed by atoms with Gasteiger partial charge >= 0.3 is 17.6 Å². The predicted molar refractivity (Wildman–Crippen MR) is 162 cm³/mol. The van der Waals surface area contributed by atoms with Gasteiger partial charge in [-0.2, -0.15) is 0 Å². The van der Waals surface area contributed by atoms with Gasteiger partial charge in [-0.15, -0.1) is 0 Å². The fraction of sp³-hybridized carbons (Fsp3) is 0.229. The molecule has 42 heavy (non-hydrogen) atoms. The molecule has 0 atom stereocenters. The SMILES string of the molecule is C=CC(=O)OCCCCCCOC1=CC=C(C(=O)Oc2ccc(-c3cc4c(ccc5ccccc54)oc3=O)cc2)CC1. The minimum absolute atomic E-state index is 0.390. The van der Waals surface area contributed by atoms with E-state index < -0.39 is 17.6 Å². The van der Waals surface area contributed by atoms with Crippen molar-refractivity contribution in [1.29, 1.82) is 0 Å². The molecule has 0 unspecified atom stereocenters. The van der Waals surface area contributed by atoms with Crippen molar-refractivity contribution >= 4 is 33.7 Å². The summed E-state index contributed by atoms with van der Waals surface area (Å²) in [6.07, 6.45) is 9.54. The first-order chi connectivity index (χ1) is 20.5. The van der Waals surface area contributed by atoms with Gasteiger partial charge < -0.3 is 18.6 Å². The van der Waals surface area contributed by atoms with Crippen molar-refractivity contribution in [1.82, 2.24) is 0 Å². The second-order valence-corrected chi connectivity index (χ2v) is 10.0. The Balaban J connectivity index is 1.13. The molecule has 0 spiro atoms. The monoisotopic (exact) mass is 564 g/mol. The van der Waals surface area contributed by atoms with E-state index in [0.29, 0.717) is 54.1 Å². The van der Waals surface area contributed by atoms with Crippen molar-refractivity contribution < 1.29 is 28.2 Å². The molecule has 1 heterocycles. The molecule has 0 radical (unpaired) electrons. The third kappa shape index (κ3) is 7.04. The Bertz CT molecular complexity index is 1720. The van der Waals surface area contributed by atoms with Crippen molar-refractivity contribution in [2.24, 2.45) is 0 Å². The summed E-state index contributed by atoms with van der Waals surface area (Å²) in [5, 5.41) is 2.94. The number of hydrogen-bond acceptors (Lipinski definition) is 7. The van der Waals surface area contributed by atoms with E-state index in [1.807, 2.05) is 48.5 Å². The minimum Gasteiger partial charge on any atom is -0.498 e.